The van der Waals surface area contributed by atoms with Crippen molar-refractivity contribution < 1.29 is 25.8 Å². The maximum absolute atomic E-state index is 6.98. The van der Waals surface area contributed by atoms with Crippen molar-refractivity contribution in [2.24, 2.45) is 5.73 Å². The van der Waals surface area contributed by atoms with Gasteiger partial charge in [0.05, 0.1) is 6.10 Å². The van der Waals surface area contributed by atoms with Crippen molar-refractivity contribution in [1.82, 2.24) is 4.90 Å². The molecule has 0 bridgehead atoms. The standard InChI is InChI=1S/C9H20N3O.W/c10-4-1-7-13-9-2-5-12(8-11)6-3-9;/h9-10H,1-8,11H2;/q-1;. The van der Waals surface area contributed by atoms with Gasteiger partial charge < -0.3 is 16.2 Å². The molecule has 0 atom stereocenters. The maximum Gasteiger partial charge on any atom is 0.0599 e. The molecule has 1 heterocycles. The summed E-state index contributed by atoms with van der Waals surface area (Å²) in [6.07, 6.45) is 3.45. The van der Waals surface area contributed by atoms with E-state index in [9.17, 15) is 0 Å². The predicted molar refractivity (Wildman–Crippen MR) is 53.4 cm³/mol. The van der Waals surface area contributed by atoms with Crippen molar-refractivity contribution in [1.29, 1.82) is 0 Å². The molecule has 0 aromatic heterocycles. The summed E-state index contributed by atoms with van der Waals surface area (Å²) in [6, 6.07) is 0. The summed E-state index contributed by atoms with van der Waals surface area (Å²) < 4.78 is 5.63. The molecular formula is C9H20N3OW-. The second kappa shape index (κ2) is 8.81. The van der Waals surface area contributed by atoms with Gasteiger partial charge in [-0.15, -0.1) is 6.54 Å². The fourth-order valence-corrected chi connectivity index (χ4v) is 1.58. The number of nitrogens with zero attached hydrogens (tertiary/aromatic N) is 1. The summed E-state index contributed by atoms with van der Waals surface area (Å²) in [4.78, 5) is 2.24. The van der Waals surface area contributed by atoms with Gasteiger partial charge in [0.15, 0.2) is 0 Å². The Balaban J connectivity index is 0.00000169. The van der Waals surface area contributed by atoms with Gasteiger partial charge in [0.2, 0.25) is 0 Å². The molecular weight excluding hydrogens is 350 g/mol. The zero-order chi connectivity index (χ0) is 9.52. The first kappa shape index (κ1) is 14.5. The Bertz CT molecular complexity index is 126. The Labute approximate surface area is 101 Å². The zero-order valence-electron chi connectivity index (χ0n) is 8.58. The van der Waals surface area contributed by atoms with E-state index < -0.39 is 0 Å². The average molecular weight is 370 g/mol. The molecule has 84 valence electrons. The van der Waals surface area contributed by atoms with Crippen molar-refractivity contribution in [2.45, 2.75) is 25.4 Å². The Morgan fingerprint density at radius 2 is 2.00 bits per heavy atom. The molecule has 0 unspecified atom stereocenters. The molecule has 0 saturated carbocycles. The number of ether oxygens (including phenoxy) is 1. The molecule has 1 aliphatic rings. The number of hydrogen-bond acceptors (Lipinski definition) is 3. The average Bonchev–Trinajstić information content (AvgIpc) is 2.19. The smallest absolute Gasteiger partial charge is 0.0599 e. The number of nitrogens with one attached hydrogen (secondary N) is 1. The van der Waals surface area contributed by atoms with Gasteiger partial charge in [-0.25, -0.2) is 0 Å². The number of piperidine rings is 1. The van der Waals surface area contributed by atoms with Gasteiger partial charge in [-0.3, -0.25) is 4.90 Å². The van der Waals surface area contributed by atoms with E-state index in [-0.39, 0.29) is 21.1 Å². The van der Waals surface area contributed by atoms with Crippen LogP contribution in [0.1, 0.15) is 19.3 Å². The van der Waals surface area contributed by atoms with Crippen molar-refractivity contribution in [2.75, 3.05) is 32.9 Å². The molecule has 0 aromatic carbocycles. The van der Waals surface area contributed by atoms with E-state index in [1.54, 1.807) is 0 Å². The van der Waals surface area contributed by atoms with Crippen molar-refractivity contribution in [3.63, 3.8) is 0 Å². The van der Waals surface area contributed by atoms with Crippen molar-refractivity contribution >= 4 is 0 Å². The van der Waals surface area contributed by atoms with Crippen LogP contribution in [0.2, 0.25) is 0 Å². The molecule has 0 spiro atoms. The molecule has 4 nitrogen and oxygen atoms in total. The summed E-state index contributed by atoms with van der Waals surface area (Å²) in [7, 11) is 0. The largest absolute Gasteiger partial charge is 0.677 e. The molecule has 1 aliphatic heterocycles. The molecule has 5 heteroatoms. The number of likely N-dealkylation sites (tertiary alicyclic amines) is 1. The van der Waals surface area contributed by atoms with Crippen LogP contribution >= 0.6 is 0 Å². The Hall–Kier alpha value is 0.528. The van der Waals surface area contributed by atoms with E-state index in [2.05, 4.69) is 4.90 Å². The zero-order valence-corrected chi connectivity index (χ0v) is 11.5. The monoisotopic (exact) mass is 370 g/mol. The maximum atomic E-state index is 6.98. The third-order valence-corrected chi connectivity index (χ3v) is 2.47. The topological polar surface area (TPSA) is 62.3 Å². The third kappa shape index (κ3) is 5.42. The molecule has 1 rings (SSSR count). The fraction of sp³-hybridized carbons (Fsp3) is 1.00. The first-order valence-corrected chi connectivity index (χ1v) is 5.05. The molecule has 3 N–H and O–H groups in total. The Kier molecular flexibility index (Phi) is 9.14. The number of nitrogens with two attached hydrogens (primary N) is 1. The van der Waals surface area contributed by atoms with E-state index in [0.29, 0.717) is 19.3 Å². The summed E-state index contributed by atoms with van der Waals surface area (Å²) in [5.74, 6) is 0. The minimum absolute atomic E-state index is 0. The van der Waals surface area contributed by atoms with Crippen molar-refractivity contribution in [3.8, 4) is 0 Å². The summed E-state index contributed by atoms with van der Waals surface area (Å²) >= 11 is 0. The van der Waals surface area contributed by atoms with Crippen LogP contribution in [0.3, 0.4) is 0 Å². The van der Waals surface area contributed by atoms with Crippen LogP contribution < -0.4 is 5.73 Å². The van der Waals surface area contributed by atoms with Crippen LogP contribution in [-0.2, 0) is 25.8 Å². The van der Waals surface area contributed by atoms with Gasteiger partial charge in [0.1, 0.15) is 0 Å². The quantitative estimate of drug-likeness (QED) is 0.730. The van der Waals surface area contributed by atoms with Crippen LogP contribution in [0.4, 0.5) is 0 Å². The summed E-state index contributed by atoms with van der Waals surface area (Å²) in [5.41, 5.74) is 12.5. The van der Waals surface area contributed by atoms with E-state index in [0.717, 1.165) is 39.0 Å². The van der Waals surface area contributed by atoms with Crippen molar-refractivity contribution in [3.05, 3.63) is 5.73 Å². The van der Waals surface area contributed by atoms with Crippen LogP contribution in [0.15, 0.2) is 0 Å². The minimum atomic E-state index is 0. The third-order valence-electron chi connectivity index (χ3n) is 2.47. The van der Waals surface area contributed by atoms with Gasteiger partial charge in [-0.05, 0) is 19.3 Å². The van der Waals surface area contributed by atoms with Gasteiger partial charge in [-0.1, -0.05) is 0 Å². The SMILES string of the molecule is [NH-]CCCOC1CCN(CN)CC1.[W]. The Morgan fingerprint density at radius 1 is 1.36 bits per heavy atom. The van der Waals surface area contributed by atoms with Crippen LogP contribution in [0.5, 0.6) is 0 Å². The molecule has 0 aromatic rings. The molecule has 14 heavy (non-hydrogen) atoms. The Morgan fingerprint density at radius 3 is 2.50 bits per heavy atom. The van der Waals surface area contributed by atoms with E-state index in [1.807, 2.05) is 0 Å². The summed E-state index contributed by atoms with van der Waals surface area (Å²) in [5, 5.41) is 0. The number of hydrogen-bond donors (Lipinski definition) is 1. The van der Waals surface area contributed by atoms with E-state index in [1.165, 1.54) is 0 Å². The van der Waals surface area contributed by atoms with Gasteiger partial charge >= 0.3 is 0 Å². The van der Waals surface area contributed by atoms with E-state index in [4.69, 9.17) is 16.2 Å². The fourth-order valence-electron chi connectivity index (χ4n) is 1.58. The summed E-state index contributed by atoms with van der Waals surface area (Å²) in [6.45, 7) is 4.00. The minimum Gasteiger partial charge on any atom is -0.677 e. The van der Waals surface area contributed by atoms with Gasteiger partial charge in [0.25, 0.3) is 0 Å². The molecule has 1 fully saturated rings. The second-order valence-corrected chi connectivity index (χ2v) is 3.47. The second-order valence-electron chi connectivity index (χ2n) is 3.47. The van der Waals surface area contributed by atoms with Gasteiger partial charge in [0, 0.05) is 47.4 Å². The van der Waals surface area contributed by atoms with Crippen LogP contribution in [-0.4, -0.2) is 43.9 Å². The first-order chi connectivity index (χ1) is 6.36. The predicted octanol–water partition coefficient (Wildman–Crippen LogP) is 0.823. The molecule has 0 amide bonds. The normalized spacial score (nSPS) is 19.3. The van der Waals surface area contributed by atoms with Gasteiger partial charge in [-0.2, -0.15) is 0 Å². The number of rotatable bonds is 5. The van der Waals surface area contributed by atoms with E-state index >= 15 is 0 Å². The molecule has 1 saturated heterocycles. The molecule has 0 radical (unpaired) electrons. The molecule has 0 aliphatic carbocycles. The van der Waals surface area contributed by atoms with Crippen LogP contribution in [0.25, 0.3) is 5.73 Å². The van der Waals surface area contributed by atoms with Crippen LogP contribution in [0, 0.1) is 0 Å². The first-order valence-electron chi connectivity index (χ1n) is 5.05.